The molecule has 1 unspecified atom stereocenters. The normalized spacial score (nSPS) is 23.8. The maximum Gasteiger partial charge on any atom is 0.102 e. The maximum absolute atomic E-state index is 10.2. The molecule has 1 heterocycles. The van der Waals surface area contributed by atoms with Crippen molar-refractivity contribution >= 4 is 0 Å². The summed E-state index contributed by atoms with van der Waals surface area (Å²) in [5.74, 6) is 0. The predicted molar refractivity (Wildman–Crippen MR) is 49.2 cm³/mol. The summed E-state index contributed by atoms with van der Waals surface area (Å²) in [6.45, 7) is 7.02. The molecule has 0 aromatic carbocycles. The van der Waals surface area contributed by atoms with Gasteiger partial charge in [0.05, 0.1) is 0 Å². The maximum atomic E-state index is 10.2. The first-order chi connectivity index (χ1) is 5.72. The average Bonchev–Trinajstić information content (AvgIpc) is 2.09. The first-order valence-electron chi connectivity index (χ1n) is 4.45. The highest BCUT2D eigenvalue weighted by molar-refractivity contribution is 4.73. The number of piperazine rings is 1. The summed E-state index contributed by atoms with van der Waals surface area (Å²) in [5.41, 5.74) is 0. The smallest absolute Gasteiger partial charge is 0.102 e. The summed E-state index contributed by atoms with van der Waals surface area (Å²) >= 11 is 0. The quantitative estimate of drug-likeness (QED) is 0.576. The minimum atomic E-state index is -0.0617. The van der Waals surface area contributed by atoms with Crippen LogP contribution in [0.15, 0.2) is 5.18 Å². The summed E-state index contributed by atoms with van der Waals surface area (Å²) in [6.07, 6.45) is 0. The highest BCUT2D eigenvalue weighted by Crippen LogP contribution is 2.01. The van der Waals surface area contributed by atoms with Crippen molar-refractivity contribution in [2.75, 3.05) is 39.8 Å². The molecule has 0 bridgehead atoms. The Balaban J connectivity index is 2.21. The van der Waals surface area contributed by atoms with Crippen LogP contribution in [0.1, 0.15) is 6.92 Å². The van der Waals surface area contributed by atoms with Crippen molar-refractivity contribution in [3.05, 3.63) is 4.91 Å². The lowest BCUT2D eigenvalue weighted by Crippen LogP contribution is -2.46. The van der Waals surface area contributed by atoms with Crippen molar-refractivity contribution in [1.82, 2.24) is 9.80 Å². The zero-order chi connectivity index (χ0) is 8.97. The van der Waals surface area contributed by atoms with E-state index in [1.54, 1.807) is 0 Å². The van der Waals surface area contributed by atoms with Gasteiger partial charge in [-0.15, -0.1) is 0 Å². The summed E-state index contributed by atoms with van der Waals surface area (Å²) in [5, 5.41) is 3.00. The Bertz CT molecular complexity index is 143. The van der Waals surface area contributed by atoms with Crippen LogP contribution in [0.3, 0.4) is 0 Å². The van der Waals surface area contributed by atoms with E-state index in [0.29, 0.717) is 0 Å². The van der Waals surface area contributed by atoms with E-state index in [1.165, 1.54) is 0 Å². The van der Waals surface area contributed by atoms with Crippen molar-refractivity contribution in [3.8, 4) is 0 Å². The Morgan fingerprint density at radius 2 is 1.92 bits per heavy atom. The minimum Gasteiger partial charge on any atom is -0.304 e. The SMILES string of the molecule is CC(CN1CCN(C)CC1)N=O. The molecule has 1 aliphatic rings. The van der Waals surface area contributed by atoms with Crippen molar-refractivity contribution in [3.63, 3.8) is 0 Å². The van der Waals surface area contributed by atoms with Gasteiger partial charge < -0.3 is 4.90 Å². The molecule has 4 heteroatoms. The number of nitroso groups, excluding NO2 is 1. The lowest BCUT2D eigenvalue weighted by Gasteiger charge is -2.32. The largest absolute Gasteiger partial charge is 0.304 e. The second-order valence-corrected chi connectivity index (χ2v) is 3.56. The molecule has 0 N–H and O–H groups in total. The summed E-state index contributed by atoms with van der Waals surface area (Å²) in [4.78, 5) is 14.8. The van der Waals surface area contributed by atoms with E-state index in [4.69, 9.17) is 0 Å². The van der Waals surface area contributed by atoms with Gasteiger partial charge in [-0.3, -0.25) is 4.90 Å². The van der Waals surface area contributed by atoms with Crippen molar-refractivity contribution in [2.24, 2.45) is 5.18 Å². The molecule has 0 aromatic heterocycles. The van der Waals surface area contributed by atoms with E-state index < -0.39 is 0 Å². The van der Waals surface area contributed by atoms with Crippen LogP contribution in [0.4, 0.5) is 0 Å². The van der Waals surface area contributed by atoms with Gasteiger partial charge in [-0.25, -0.2) is 0 Å². The van der Waals surface area contributed by atoms with Gasteiger partial charge in [0.25, 0.3) is 0 Å². The molecule has 1 aliphatic heterocycles. The molecular formula is C8H17N3O. The van der Waals surface area contributed by atoms with Gasteiger partial charge in [0, 0.05) is 32.7 Å². The van der Waals surface area contributed by atoms with Crippen molar-refractivity contribution in [2.45, 2.75) is 13.0 Å². The second kappa shape index (κ2) is 4.52. The lowest BCUT2D eigenvalue weighted by atomic mass is 10.3. The van der Waals surface area contributed by atoms with Gasteiger partial charge in [0.2, 0.25) is 0 Å². The number of rotatable bonds is 3. The van der Waals surface area contributed by atoms with Gasteiger partial charge in [0.1, 0.15) is 6.04 Å². The molecule has 1 fully saturated rings. The number of hydrogen-bond acceptors (Lipinski definition) is 4. The highest BCUT2D eigenvalue weighted by Gasteiger charge is 2.15. The standard InChI is InChI=1S/C8H17N3O/c1-8(9-12)7-11-5-3-10(2)4-6-11/h8H,3-7H2,1-2H3. The third kappa shape index (κ3) is 2.87. The van der Waals surface area contributed by atoms with Gasteiger partial charge in [-0.1, -0.05) is 5.18 Å². The third-order valence-electron chi connectivity index (χ3n) is 2.30. The van der Waals surface area contributed by atoms with Gasteiger partial charge in [0.15, 0.2) is 0 Å². The zero-order valence-electron chi connectivity index (χ0n) is 7.86. The fourth-order valence-electron chi connectivity index (χ4n) is 1.44. The van der Waals surface area contributed by atoms with E-state index in [1.807, 2.05) is 6.92 Å². The number of likely N-dealkylation sites (N-methyl/N-ethyl adjacent to an activating group) is 1. The monoisotopic (exact) mass is 171 g/mol. The predicted octanol–water partition coefficient (Wildman–Crippen LogP) is 0.389. The molecule has 1 rings (SSSR count). The van der Waals surface area contributed by atoms with Crippen LogP contribution < -0.4 is 0 Å². The zero-order valence-corrected chi connectivity index (χ0v) is 7.86. The summed E-state index contributed by atoms with van der Waals surface area (Å²) < 4.78 is 0. The van der Waals surface area contributed by atoms with Crippen LogP contribution in [0.2, 0.25) is 0 Å². The fourth-order valence-corrected chi connectivity index (χ4v) is 1.44. The van der Waals surface area contributed by atoms with Crippen molar-refractivity contribution in [1.29, 1.82) is 0 Å². The van der Waals surface area contributed by atoms with Crippen molar-refractivity contribution < 1.29 is 0 Å². The minimum absolute atomic E-state index is 0.0617. The van der Waals surface area contributed by atoms with E-state index in [0.717, 1.165) is 32.7 Å². The topological polar surface area (TPSA) is 35.9 Å². The first kappa shape index (κ1) is 9.61. The molecule has 0 spiro atoms. The van der Waals surface area contributed by atoms with E-state index in [9.17, 15) is 4.91 Å². The number of nitrogens with zero attached hydrogens (tertiary/aromatic N) is 3. The van der Waals surface area contributed by atoms with Crippen LogP contribution in [-0.4, -0.2) is 55.6 Å². The summed E-state index contributed by atoms with van der Waals surface area (Å²) in [7, 11) is 2.12. The Morgan fingerprint density at radius 1 is 1.33 bits per heavy atom. The lowest BCUT2D eigenvalue weighted by molar-refractivity contribution is 0.149. The molecule has 1 saturated heterocycles. The molecule has 0 aromatic rings. The van der Waals surface area contributed by atoms with E-state index in [-0.39, 0.29) is 6.04 Å². The van der Waals surface area contributed by atoms with Crippen LogP contribution >= 0.6 is 0 Å². The van der Waals surface area contributed by atoms with Crippen LogP contribution in [0, 0.1) is 4.91 Å². The second-order valence-electron chi connectivity index (χ2n) is 3.56. The van der Waals surface area contributed by atoms with Crippen LogP contribution in [-0.2, 0) is 0 Å². The molecule has 0 amide bonds. The molecule has 70 valence electrons. The van der Waals surface area contributed by atoms with Crippen LogP contribution in [0.25, 0.3) is 0 Å². The van der Waals surface area contributed by atoms with E-state index in [2.05, 4.69) is 22.0 Å². The first-order valence-corrected chi connectivity index (χ1v) is 4.45. The van der Waals surface area contributed by atoms with Crippen LogP contribution in [0.5, 0.6) is 0 Å². The van der Waals surface area contributed by atoms with Gasteiger partial charge >= 0.3 is 0 Å². The molecule has 0 aliphatic carbocycles. The molecule has 1 atom stereocenters. The molecular weight excluding hydrogens is 154 g/mol. The van der Waals surface area contributed by atoms with Gasteiger partial charge in [-0.05, 0) is 14.0 Å². The summed E-state index contributed by atoms with van der Waals surface area (Å²) in [6, 6.07) is -0.0617. The molecule has 4 nitrogen and oxygen atoms in total. The highest BCUT2D eigenvalue weighted by atomic mass is 16.3. The molecule has 0 saturated carbocycles. The average molecular weight is 171 g/mol. The Kier molecular flexibility index (Phi) is 3.62. The fraction of sp³-hybridized carbons (Fsp3) is 1.00. The Morgan fingerprint density at radius 3 is 2.42 bits per heavy atom. The third-order valence-corrected chi connectivity index (χ3v) is 2.30. The Labute approximate surface area is 73.5 Å². The Hall–Kier alpha value is -0.480. The molecule has 12 heavy (non-hydrogen) atoms. The molecule has 0 radical (unpaired) electrons. The van der Waals surface area contributed by atoms with E-state index >= 15 is 0 Å². The number of hydrogen-bond donors (Lipinski definition) is 0. The van der Waals surface area contributed by atoms with Gasteiger partial charge in [-0.2, -0.15) is 4.91 Å².